The van der Waals surface area contributed by atoms with Crippen LogP contribution in [0.2, 0.25) is 10.0 Å². The van der Waals surface area contributed by atoms with Crippen LogP contribution in [0.25, 0.3) is 5.69 Å². The molecule has 0 unspecified atom stereocenters. The number of anilines is 1. The lowest BCUT2D eigenvalue weighted by Gasteiger charge is -2.11. The number of nitrogens with one attached hydrogen (secondary N) is 1. The second-order valence-corrected chi connectivity index (χ2v) is 11.0. The van der Waals surface area contributed by atoms with Crippen molar-refractivity contribution < 1.29 is 9.53 Å². The number of carbonyl (C=O) groups excluding carboxylic acids is 1. The van der Waals surface area contributed by atoms with Crippen LogP contribution in [-0.4, -0.2) is 31.4 Å². The first-order valence-corrected chi connectivity index (χ1v) is 14.1. The molecule has 0 atom stereocenters. The van der Waals surface area contributed by atoms with E-state index >= 15 is 0 Å². The summed E-state index contributed by atoms with van der Waals surface area (Å²) >= 11 is 14.9. The Labute approximate surface area is 237 Å². The molecule has 11 heteroatoms. The van der Waals surface area contributed by atoms with Gasteiger partial charge in [0.15, 0.2) is 16.1 Å². The van der Waals surface area contributed by atoms with E-state index in [1.807, 2.05) is 59.2 Å². The van der Waals surface area contributed by atoms with E-state index in [2.05, 4.69) is 20.5 Å². The van der Waals surface area contributed by atoms with Crippen molar-refractivity contribution in [2.75, 3.05) is 11.1 Å². The van der Waals surface area contributed by atoms with Crippen molar-refractivity contribution in [1.82, 2.24) is 19.7 Å². The second kappa shape index (κ2) is 12.4. The summed E-state index contributed by atoms with van der Waals surface area (Å²) < 4.78 is 7.78. The zero-order chi connectivity index (χ0) is 26.3. The molecule has 0 aliphatic carbocycles. The lowest BCUT2D eigenvalue weighted by molar-refractivity contribution is -0.113. The average Bonchev–Trinajstić information content (AvgIpc) is 3.55. The molecular weight excluding hydrogens is 561 g/mol. The number of carbonyl (C=O) groups is 1. The molecule has 0 saturated carbocycles. The van der Waals surface area contributed by atoms with Crippen molar-refractivity contribution in [3.05, 3.63) is 111 Å². The molecule has 0 aliphatic heterocycles. The Morgan fingerprint density at radius 3 is 2.53 bits per heavy atom. The van der Waals surface area contributed by atoms with Gasteiger partial charge in [-0.05, 0) is 48.0 Å². The molecule has 1 amide bonds. The Balaban J connectivity index is 1.23. The molecule has 38 heavy (non-hydrogen) atoms. The van der Waals surface area contributed by atoms with Gasteiger partial charge in [-0.1, -0.05) is 71.4 Å². The number of amides is 1. The number of para-hydroxylation sites is 1. The largest absolute Gasteiger partial charge is 0.486 e. The third kappa shape index (κ3) is 6.73. The van der Waals surface area contributed by atoms with Gasteiger partial charge in [-0.25, -0.2) is 4.98 Å². The van der Waals surface area contributed by atoms with Crippen LogP contribution in [0.5, 0.6) is 5.75 Å². The Morgan fingerprint density at radius 1 is 0.974 bits per heavy atom. The third-order valence-corrected chi connectivity index (χ3v) is 7.81. The van der Waals surface area contributed by atoms with Gasteiger partial charge in [0.05, 0.1) is 5.75 Å². The summed E-state index contributed by atoms with van der Waals surface area (Å²) in [7, 11) is 0. The van der Waals surface area contributed by atoms with Gasteiger partial charge in [0, 0.05) is 33.2 Å². The lowest BCUT2D eigenvalue weighted by atomic mass is 10.1. The Bertz CT molecular complexity index is 1520. The van der Waals surface area contributed by atoms with E-state index in [1.54, 1.807) is 30.5 Å². The van der Waals surface area contributed by atoms with Crippen molar-refractivity contribution in [1.29, 1.82) is 0 Å². The highest BCUT2D eigenvalue weighted by atomic mass is 35.5. The van der Waals surface area contributed by atoms with E-state index in [9.17, 15) is 4.79 Å². The summed E-state index contributed by atoms with van der Waals surface area (Å²) in [5, 5.41) is 14.0. The quantitative estimate of drug-likeness (QED) is 0.180. The van der Waals surface area contributed by atoms with Gasteiger partial charge in [0.25, 0.3) is 0 Å². The van der Waals surface area contributed by atoms with Gasteiger partial charge in [0.1, 0.15) is 12.4 Å². The predicted molar refractivity (Wildman–Crippen MR) is 153 cm³/mol. The smallest absolute Gasteiger partial charge is 0.236 e. The number of thiazole rings is 1. The molecule has 0 fully saturated rings. The maximum Gasteiger partial charge on any atom is 0.236 e. The fraction of sp³-hybridized carbons (Fsp3) is 0.111. The molecule has 1 N–H and O–H groups in total. The maximum absolute atomic E-state index is 12.7. The van der Waals surface area contributed by atoms with Crippen LogP contribution in [0.3, 0.4) is 0 Å². The molecule has 7 nitrogen and oxygen atoms in total. The van der Waals surface area contributed by atoms with E-state index < -0.39 is 0 Å². The van der Waals surface area contributed by atoms with Gasteiger partial charge in [0.2, 0.25) is 5.91 Å². The lowest BCUT2D eigenvalue weighted by Crippen LogP contribution is -2.14. The van der Waals surface area contributed by atoms with Crippen molar-refractivity contribution in [3.8, 4) is 11.4 Å². The highest BCUT2D eigenvalue weighted by molar-refractivity contribution is 7.99. The molecule has 2 aromatic heterocycles. The monoisotopic (exact) mass is 581 g/mol. The Kier molecular flexibility index (Phi) is 8.60. The van der Waals surface area contributed by atoms with E-state index in [1.165, 1.54) is 23.1 Å². The standard InChI is InChI=1S/C27H21Cl2N5O2S2/c28-19-10-12-21(13-11-19)36-16-24-32-33-27(34(24)20-7-2-1-3-8-20)37-17-25(35)31-26-30-15-22(38-26)14-18-6-4-5-9-23(18)29/h1-13,15H,14,16-17H2,(H,30,31,35). The number of nitrogens with zero attached hydrogens (tertiary/aromatic N) is 4. The first-order chi connectivity index (χ1) is 18.5. The van der Waals surface area contributed by atoms with Crippen LogP contribution in [-0.2, 0) is 17.8 Å². The van der Waals surface area contributed by atoms with Crippen molar-refractivity contribution >= 4 is 57.3 Å². The van der Waals surface area contributed by atoms with Gasteiger partial charge in [-0.2, -0.15) is 0 Å². The number of rotatable bonds is 10. The molecule has 192 valence electrons. The second-order valence-electron chi connectivity index (χ2n) is 8.05. The highest BCUT2D eigenvalue weighted by Gasteiger charge is 2.17. The number of benzene rings is 3. The van der Waals surface area contributed by atoms with Crippen LogP contribution in [0.4, 0.5) is 5.13 Å². The summed E-state index contributed by atoms with van der Waals surface area (Å²) in [5.74, 6) is 1.24. The number of thioether (sulfide) groups is 1. The van der Waals surface area contributed by atoms with E-state index in [0.29, 0.717) is 38.3 Å². The van der Waals surface area contributed by atoms with Crippen molar-refractivity contribution in [2.24, 2.45) is 0 Å². The summed E-state index contributed by atoms with van der Waals surface area (Å²) in [5.41, 5.74) is 1.89. The average molecular weight is 583 g/mol. The first-order valence-electron chi connectivity index (χ1n) is 11.5. The Morgan fingerprint density at radius 2 is 1.74 bits per heavy atom. The van der Waals surface area contributed by atoms with Crippen LogP contribution >= 0.6 is 46.3 Å². The summed E-state index contributed by atoms with van der Waals surface area (Å²) in [6.07, 6.45) is 2.42. The zero-order valence-electron chi connectivity index (χ0n) is 19.9. The van der Waals surface area contributed by atoms with E-state index in [4.69, 9.17) is 27.9 Å². The molecule has 0 bridgehead atoms. The maximum atomic E-state index is 12.7. The molecule has 2 heterocycles. The van der Waals surface area contributed by atoms with Gasteiger partial charge in [-0.3, -0.25) is 9.36 Å². The minimum atomic E-state index is -0.185. The number of halogens is 2. The summed E-state index contributed by atoms with van der Waals surface area (Å²) in [4.78, 5) is 18.1. The van der Waals surface area contributed by atoms with E-state index in [0.717, 1.165) is 16.1 Å². The SMILES string of the molecule is O=C(CSc1nnc(COc2ccc(Cl)cc2)n1-c1ccccc1)Nc1ncc(Cc2ccccc2Cl)s1. The van der Waals surface area contributed by atoms with E-state index in [-0.39, 0.29) is 18.3 Å². The topological polar surface area (TPSA) is 81.9 Å². The number of hydrogen-bond donors (Lipinski definition) is 1. The van der Waals surface area contributed by atoms with Crippen LogP contribution in [0.1, 0.15) is 16.3 Å². The zero-order valence-corrected chi connectivity index (χ0v) is 23.0. The molecule has 0 spiro atoms. The van der Waals surface area contributed by atoms with Gasteiger partial charge >= 0.3 is 0 Å². The minimum absolute atomic E-state index is 0.141. The first kappa shape index (κ1) is 26.2. The van der Waals surface area contributed by atoms with Gasteiger partial charge in [-0.15, -0.1) is 21.5 Å². The fourth-order valence-electron chi connectivity index (χ4n) is 3.56. The normalized spacial score (nSPS) is 10.9. The third-order valence-electron chi connectivity index (χ3n) is 5.35. The van der Waals surface area contributed by atoms with Crippen LogP contribution in [0.15, 0.2) is 90.2 Å². The molecule has 3 aromatic carbocycles. The predicted octanol–water partition coefficient (Wildman–Crippen LogP) is 6.93. The molecule has 5 aromatic rings. The highest BCUT2D eigenvalue weighted by Crippen LogP contribution is 2.26. The number of hydrogen-bond acceptors (Lipinski definition) is 7. The molecular formula is C27H21Cl2N5O2S2. The molecule has 0 saturated heterocycles. The number of aromatic nitrogens is 4. The van der Waals surface area contributed by atoms with Crippen LogP contribution < -0.4 is 10.1 Å². The molecule has 0 radical (unpaired) electrons. The van der Waals surface area contributed by atoms with Crippen LogP contribution in [0, 0.1) is 0 Å². The summed E-state index contributed by atoms with van der Waals surface area (Å²) in [6, 6.07) is 24.5. The molecule has 5 rings (SSSR count). The van der Waals surface area contributed by atoms with Crippen molar-refractivity contribution in [2.45, 2.75) is 18.2 Å². The van der Waals surface area contributed by atoms with Crippen molar-refractivity contribution in [3.63, 3.8) is 0 Å². The minimum Gasteiger partial charge on any atom is -0.486 e. The Hall–Kier alpha value is -3.37. The number of ether oxygens (including phenoxy) is 1. The molecule has 0 aliphatic rings. The van der Waals surface area contributed by atoms with Gasteiger partial charge < -0.3 is 10.1 Å². The fourth-order valence-corrected chi connectivity index (χ4v) is 5.52. The summed E-state index contributed by atoms with van der Waals surface area (Å²) in [6.45, 7) is 0.198.